The minimum Gasteiger partial charge on any atom is -0.480 e. The van der Waals surface area contributed by atoms with Crippen LogP contribution in [0, 0.1) is 0 Å². The maximum Gasteiger partial charge on any atom is 0.326 e. The number of carbonyl (C=O) groups is 2. The second-order valence-electron chi connectivity index (χ2n) is 4.10. The average molecular weight is 296 g/mol. The molecule has 1 amide bonds. The third-order valence-corrected chi connectivity index (χ3v) is 4.73. The average Bonchev–Trinajstić information content (AvgIpc) is 2.60. The number of nitrogens with two attached hydrogens (primary N) is 1. The summed E-state index contributed by atoms with van der Waals surface area (Å²) in [5, 5.41) is 13.1. The second-order valence-corrected chi connectivity index (χ2v) is 6.93. The van der Waals surface area contributed by atoms with Gasteiger partial charge in [-0.1, -0.05) is 0 Å². The largest absolute Gasteiger partial charge is 0.480 e. The van der Waals surface area contributed by atoms with Crippen molar-refractivity contribution in [2.45, 2.75) is 24.1 Å². The molecule has 2 atom stereocenters. The number of primary sulfonamides is 1. The predicted octanol–water partition coefficient (Wildman–Crippen LogP) is -0.918. The van der Waals surface area contributed by atoms with Gasteiger partial charge in [-0.05, 0) is 18.4 Å². The van der Waals surface area contributed by atoms with Gasteiger partial charge in [0.25, 0.3) is 0 Å². The Morgan fingerprint density at radius 1 is 1.67 bits per heavy atom. The molecule has 9 heteroatoms. The van der Waals surface area contributed by atoms with E-state index in [9.17, 15) is 18.0 Å². The van der Waals surface area contributed by atoms with Crippen LogP contribution in [0.3, 0.4) is 0 Å². The zero-order chi connectivity index (χ0) is 13.9. The van der Waals surface area contributed by atoms with E-state index in [1.54, 1.807) is 0 Å². The SMILES string of the molecule is CSCC[C@@H](C(=O)O)N1CC(S(N)(=O)=O)CC1=O. The normalized spacial score (nSPS) is 22.2. The highest BCUT2D eigenvalue weighted by molar-refractivity contribution is 7.98. The van der Waals surface area contributed by atoms with E-state index < -0.39 is 33.2 Å². The number of hydrogen-bond donors (Lipinski definition) is 2. The zero-order valence-electron chi connectivity index (χ0n) is 9.90. The number of thioether (sulfide) groups is 1. The van der Waals surface area contributed by atoms with Gasteiger partial charge in [-0.15, -0.1) is 0 Å². The lowest BCUT2D eigenvalue weighted by molar-refractivity contribution is -0.148. The summed E-state index contributed by atoms with van der Waals surface area (Å²) in [6.07, 6.45) is 1.89. The Balaban J connectivity index is 2.81. The molecule has 18 heavy (non-hydrogen) atoms. The van der Waals surface area contributed by atoms with Crippen molar-refractivity contribution in [3.8, 4) is 0 Å². The van der Waals surface area contributed by atoms with Crippen molar-refractivity contribution in [1.82, 2.24) is 4.90 Å². The van der Waals surface area contributed by atoms with E-state index in [4.69, 9.17) is 10.2 Å². The lowest BCUT2D eigenvalue weighted by atomic mass is 10.2. The van der Waals surface area contributed by atoms with Crippen LogP contribution in [-0.2, 0) is 19.6 Å². The van der Waals surface area contributed by atoms with Gasteiger partial charge >= 0.3 is 5.97 Å². The third kappa shape index (κ3) is 3.59. The first-order valence-corrected chi connectivity index (χ1v) is 8.30. The van der Waals surface area contributed by atoms with Gasteiger partial charge in [0.05, 0.1) is 0 Å². The second kappa shape index (κ2) is 5.89. The van der Waals surface area contributed by atoms with Crippen LogP contribution in [0.4, 0.5) is 0 Å². The molecule has 0 aliphatic carbocycles. The van der Waals surface area contributed by atoms with Gasteiger partial charge in [0.1, 0.15) is 11.3 Å². The van der Waals surface area contributed by atoms with Gasteiger partial charge in [-0.25, -0.2) is 18.4 Å². The number of carbonyl (C=O) groups excluding carboxylic acids is 1. The van der Waals surface area contributed by atoms with Crippen molar-refractivity contribution in [3.63, 3.8) is 0 Å². The standard InChI is InChI=1S/C9H16N2O5S2/c1-17-3-2-7(9(13)14)11-5-6(4-8(11)12)18(10,15)16/h6-7H,2-5H2,1H3,(H,13,14)(H2,10,15,16)/t6?,7-/m0/s1. The van der Waals surface area contributed by atoms with Crippen LogP contribution < -0.4 is 5.14 Å². The fourth-order valence-corrected chi connectivity index (χ4v) is 3.06. The number of aliphatic carboxylic acids is 1. The Labute approximate surface area is 110 Å². The molecule has 0 aromatic rings. The third-order valence-electron chi connectivity index (χ3n) is 2.84. The molecular formula is C9H16N2O5S2. The highest BCUT2D eigenvalue weighted by atomic mass is 32.2. The number of nitrogens with zero attached hydrogens (tertiary/aromatic N) is 1. The number of rotatable bonds is 6. The molecule has 3 N–H and O–H groups in total. The molecule has 0 bridgehead atoms. The van der Waals surface area contributed by atoms with Crippen molar-refractivity contribution >= 4 is 33.7 Å². The van der Waals surface area contributed by atoms with Gasteiger partial charge in [0.15, 0.2) is 0 Å². The van der Waals surface area contributed by atoms with Crippen LogP contribution >= 0.6 is 11.8 Å². The van der Waals surface area contributed by atoms with E-state index in [1.165, 1.54) is 11.8 Å². The van der Waals surface area contributed by atoms with E-state index in [0.717, 1.165) is 4.90 Å². The van der Waals surface area contributed by atoms with Crippen LogP contribution in [0.15, 0.2) is 0 Å². The van der Waals surface area contributed by atoms with E-state index in [1.807, 2.05) is 6.26 Å². The monoisotopic (exact) mass is 296 g/mol. The molecule has 104 valence electrons. The van der Waals surface area contributed by atoms with E-state index in [-0.39, 0.29) is 13.0 Å². The molecule has 1 rings (SSSR count). The van der Waals surface area contributed by atoms with Crippen LogP contribution in [-0.4, -0.2) is 60.1 Å². The fraction of sp³-hybridized carbons (Fsp3) is 0.778. The molecule has 0 aromatic heterocycles. The lowest BCUT2D eigenvalue weighted by Gasteiger charge is -2.24. The molecule has 1 heterocycles. The number of hydrogen-bond acceptors (Lipinski definition) is 5. The molecule has 1 aliphatic rings. The van der Waals surface area contributed by atoms with Gasteiger partial charge in [0, 0.05) is 13.0 Å². The summed E-state index contributed by atoms with van der Waals surface area (Å²) in [6, 6.07) is -0.975. The molecule has 1 saturated heterocycles. The summed E-state index contributed by atoms with van der Waals surface area (Å²) in [5.41, 5.74) is 0. The Hall–Kier alpha value is -0.800. The maximum absolute atomic E-state index is 11.7. The fourth-order valence-electron chi connectivity index (χ4n) is 1.86. The minimum absolute atomic E-state index is 0.136. The molecule has 7 nitrogen and oxygen atoms in total. The van der Waals surface area contributed by atoms with Crippen molar-refractivity contribution in [3.05, 3.63) is 0 Å². The first-order valence-electron chi connectivity index (χ1n) is 5.30. The first-order chi connectivity index (χ1) is 8.27. The summed E-state index contributed by atoms with van der Waals surface area (Å²) in [4.78, 5) is 23.9. The number of amides is 1. The van der Waals surface area contributed by atoms with E-state index in [2.05, 4.69) is 0 Å². The Morgan fingerprint density at radius 3 is 2.67 bits per heavy atom. The molecule has 0 radical (unpaired) electrons. The number of sulfonamides is 1. The van der Waals surface area contributed by atoms with E-state index >= 15 is 0 Å². The van der Waals surface area contributed by atoms with Crippen molar-refractivity contribution < 1.29 is 23.1 Å². The van der Waals surface area contributed by atoms with Crippen LogP contribution in [0.25, 0.3) is 0 Å². The number of carboxylic acid groups (broad SMARTS) is 1. The lowest BCUT2D eigenvalue weighted by Crippen LogP contribution is -2.43. The summed E-state index contributed by atoms with van der Waals surface area (Å²) in [6.45, 7) is -0.136. The summed E-state index contributed by atoms with van der Waals surface area (Å²) in [5.74, 6) is -1.00. The predicted molar refractivity (Wildman–Crippen MR) is 67.6 cm³/mol. The maximum atomic E-state index is 11.7. The van der Waals surface area contributed by atoms with Gasteiger partial charge in [0.2, 0.25) is 15.9 Å². The molecule has 0 spiro atoms. The van der Waals surface area contributed by atoms with Gasteiger partial charge in [-0.2, -0.15) is 11.8 Å². The van der Waals surface area contributed by atoms with Crippen molar-refractivity contribution in [2.24, 2.45) is 5.14 Å². The van der Waals surface area contributed by atoms with E-state index in [0.29, 0.717) is 12.2 Å². The summed E-state index contributed by atoms with van der Waals surface area (Å²) in [7, 11) is -3.81. The van der Waals surface area contributed by atoms with Crippen molar-refractivity contribution in [1.29, 1.82) is 0 Å². The highest BCUT2D eigenvalue weighted by Gasteiger charge is 2.41. The van der Waals surface area contributed by atoms with Gasteiger partial charge in [-0.3, -0.25) is 4.79 Å². The molecule has 1 unspecified atom stereocenters. The van der Waals surface area contributed by atoms with Crippen LogP contribution in [0.2, 0.25) is 0 Å². The summed E-state index contributed by atoms with van der Waals surface area (Å²) < 4.78 is 22.4. The number of carboxylic acids is 1. The molecular weight excluding hydrogens is 280 g/mol. The Kier molecular flexibility index (Phi) is 5.00. The minimum atomic E-state index is -3.81. The summed E-state index contributed by atoms with van der Waals surface area (Å²) >= 11 is 1.47. The highest BCUT2D eigenvalue weighted by Crippen LogP contribution is 2.21. The Bertz CT molecular complexity index is 436. The molecule has 0 saturated carbocycles. The molecule has 0 aromatic carbocycles. The van der Waals surface area contributed by atoms with Gasteiger partial charge < -0.3 is 10.0 Å². The zero-order valence-corrected chi connectivity index (χ0v) is 11.5. The molecule has 1 fully saturated rings. The smallest absolute Gasteiger partial charge is 0.326 e. The quantitative estimate of drug-likeness (QED) is 0.654. The number of likely N-dealkylation sites (tertiary alicyclic amines) is 1. The topological polar surface area (TPSA) is 118 Å². The molecule has 1 aliphatic heterocycles. The Morgan fingerprint density at radius 2 is 2.28 bits per heavy atom. The van der Waals surface area contributed by atoms with Crippen molar-refractivity contribution in [2.75, 3.05) is 18.6 Å². The first kappa shape index (κ1) is 15.3. The van der Waals surface area contributed by atoms with Crippen LogP contribution in [0.5, 0.6) is 0 Å². The van der Waals surface area contributed by atoms with Crippen LogP contribution in [0.1, 0.15) is 12.8 Å².